The molecule has 4 aliphatic rings. The van der Waals surface area contributed by atoms with E-state index in [9.17, 15) is 44.7 Å². The molecule has 1 saturated heterocycles. The van der Waals surface area contributed by atoms with Gasteiger partial charge in [0.15, 0.2) is 6.29 Å². The number of aliphatic carboxylic acids is 1. The van der Waals surface area contributed by atoms with Crippen molar-refractivity contribution < 1.29 is 124 Å². The minimum Gasteiger partial charge on any atom is -0.716 e. The van der Waals surface area contributed by atoms with Gasteiger partial charge in [-0.2, -0.15) is 0 Å². The predicted octanol–water partition coefficient (Wildman–Crippen LogP) is -7.70. The van der Waals surface area contributed by atoms with Crippen molar-refractivity contribution >= 4 is 16.4 Å². The average Bonchev–Trinajstić information content (AvgIpc) is 3.04. The van der Waals surface area contributed by atoms with Crippen molar-refractivity contribution in [3.63, 3.8) is 0 Å². The number of ether oxygens (including phenoxy) is 2. The number of aliphatic hydroxyl groups is 4. The Morgan fingerprint density at radius 3 is 2.56 bits per heavy atom. The van der Waals surface area contributed by atoms with Crippen molar-refractivity contribution in [1.82, 2.24) is 0 Å². The fourth-order valence-corrected chi connectivity index (χ4v) is 6.31. The standard InChI is InChI=1S/C24H32O12S.2Na/c1-24-7-6-13-12-5-3-11(36-37(31,32)33)8-10(12)2-4-14(13)15(24)9-16(21(24)28)34-23-19(27)17(25)18(26)20(35-23)22(29)30;;/h3,5,8,13-21,23,25-28H,2,4,6-7,9H2,1H3,(H,29,30)(H,31,32,33);;/q;2*+1/p-2/t13-,14-,15+,16-,17+,18+,19-,20+,21+,23?,24+;;/m1../s1/i2D,3D,8D,13D,16D,21D;;/t2?,13-,14-,15+,16-,17+,18+,19-,20+,21+,23?,24+;;. The molecule has 12 atom stereocenters. The zero-order chi connectivity index (χ0) is 32.2. The minimum absolute atomic E-state index is 0. The van der Waals surface area contributed by atoms with Crippen molar-refractivity contribution in [2.45, 2.75) is 87.8 Å². The van der Waals surface area contributed by atoms with Crippen LogP contribution in [-0.2, 0) is 31.1 Å². The second-order valence-corrected chi connectivity index (χ2v) is 11.0. The first-order chi connectivity index (χ1) is 19.6. The van der Waals surface area contributed by atoms with Gasteiger partial charge in [0.25, 0.3) is 10.4 Å². The first-order valence-corrected chi connectivity index (χ1v) is 13.0. The van der Waals surface area contributed by atoms with Crippen LogP contribution in [0, 0.1) is 17.3 Å². The Balaban J connectivity index is 0.00000276. The van der Waals surface area contributed by atoms with E-state index in [0.29, 0.717) is 0 Å². The van der Waals surface area contributed by atoms with E-state index < -0.39 is 113 Å². The van der Waals surface area contributed by atoms with Crippen LogP contribution in [0.4, 0.5) is 0 Å². The van der Waals surface area contributed by atoms with Gasteiger partial charge >= 0.3 is 59.1 Å². The maximum Gasteiger partial charge on any atom is 1.00 e. The number of aliphatic hydroxyl groups excluding tert-OH is 3. The number of rotatable bonds is 5. The van der Waals surface area contributed by atoms with Gasteiger partial charge in [0.1, 0.15) is 30.2 Å². The first kappa shape index (κ1) is 25.6. The molecule has 2 unspecified atom stereocenters. The fourth-order valence-electron chi connectivity index (χ4n) is 6.01. The van der Waals surface area contributed by atoms with Crippen molar-refractivity contribution in [2.24, 2.45) is 17.3 Å². The summed E-state index contributed by atoms with van der Waals surface area (Å²) < 4.78 is 101. The van der Waals surface area contributed by atoms with Gasteiger partial charge in [0.2, 0.25) is 0 Å². The summed E-state index contributed by atoms with van der Waals surface area (Å²) in [4.78, 5) is 11.4. The number of benzene rings is 1. The molecular formula is C24H30Na2O12S. The molecule has 0 amide bonds. The molecule has 1 aromatic rings. The van der Waals surface area contributed by atoms with E-state index in [1.807, 2.05) is 0 Å². The number of carboxylic acid groups (broad SMARTS) is 1. The molecule has 206 valence electrons. The van der Waals surface area contributed by atoms with Crippen molar-refractivity contribution in [2.75, 3.05) is 0 Å². The minimum atomic E-state index is -5.36. The van der Waals surface area contributed by atoms with Gasteiger partial charge in [-0.25, -0.2) is 8.42 Å². The summed E-state index contributed by atoms with van der Waals surface area (Å²) in [6, 6.07) is -0.319. The van der Waals surface area contributed by atoms with Crippen molar-refractivity contribution in [3.05, 3.63) is 29.3 Å². The molecule has 15 heteroatoms. The topological polar surface area (TPSA) is 206 Å². The molecule has 0 bridgehead atoms. The number of hydrogen-bond acceptors (Lipinski definition) is 12. The summed E-state index contributed by atoms with van der Waals surface area (Å²) in [5.74, 6) is -6.27. The van der Waals surface area contributed by atoms with Gasteiger partial charge < -0.3 is 48.5 Å². The molecule has 1 aliphatic heterocycles. The summed E-state index contributed by atoms with van der Waals surface area (Å²) in [5, 5.41) is 53.5. The van der Waals surface area contributed by atoms with Crippen LogP contribution in [0.2, 0.25) is 0 Å². The van der Waals surface area contributed by atoms with Crippen LogP contribution in [0.15, 0.2) is 18.2 Å². The number of carbonyl (C=O) groups is 1. The molecule has 0 aromatic heterocycles. The van der Waals surface area contributed by atoms with Crippen LogP contribution in [0.25, 0.3) is 0 Å². The maximum absolute atomic E-state index is 11.6. The van der Waals surface area contributed by atoms with Crippen LogP contribution in [0.1, 0.15) is 57.9 Å². The molecule has 12 nitrogen and oxygen atoms in total. The van der Waals surface area contributed by atoms with Gasteiger partial charge in [0.05, 0.1) is 23.6 Å². The maximum atomic E-state index is 11.6. The average molecular weight is 595 g/mol. The van der Waals surface area contributed by atoms with Gasteiger partial charge in [-0.3, -0.25) is 0 Å². The summed E-state index contributed by atoms with van der Waals surface area (Å²) in [5.41, 5.74) is -1.56. The van der Waals surface area contributed by atoms with Gasteiger partial charge in [0, 0.05) is 2.74 Å². The molecule has 0 radical (unpaired) electrons. The fraction of sp³-hybridized carbons (Fsp3) is 0.708. The van der Waals surface area contributed by atoms with Crippen LogP contribution in [-0.4, -0.2) is 82.2 Å². The Kier molecular flexibility index (Phi) is 8.16. The van der Waals surface area contributed by atoms with E-state index in [1.54, 1.807) is 0 Å². The number of fused-ring (bicyclic) bond motifs is 5. The van der Waals surface area contributed by atoms with E-state index >= 15 is 0 Å². The third kappa shape index (κ3) is 6.28. The molecule has 39 heavy (non-hydrogen) atoms. The molecule has 3 aliphatic carbocycles. The zero-order valence-electron chi connectivity index (χ0n) is 27.5. The zero-order valence-corrected chi connectivity index (χ0v) is 26.3. The van der Waals surface area contributed by atoms with Gasteiger partial charge in [-0.1, -0.05) is 13.0 Å². The van der Waals surface area contributed by atoms with E-state index in [-0.39, 0.29) is 89.5 Å². The predicted molar refractivity (Wildman–Crippen MR) is 119 cm³/mol. The van der Waals surface area contributed by atoms with Crippen LogP contribution >= 0.6 is 0 Å². The molecule has 1 heterocycles. The smallest absolute Gasteiger partial charge is 0.716 e. The summed E-state index contributed by atoms with van der Waals surface area (Å²) in [6.07, 6.45) is -18.1. The van der Waals surface area contributed by atoms with Gasteiger partial charge in [-0.05, 0) is 78.4 Å². The molecular weight excluding hydrogens is 558 g/mol. The molecule has 1 aromatic carbocycles. The molecule has 5 rings (SSSR count). The Bertz CT molecular complexity index is 1460. The van der Waals surface area contributed by atoms with Crippen LogP contribution in [0.5, 0.6) is 5.75 Å². The summed E-state index contributed by atoms with van der Waals surface area (Å²) >= 11 is 0. The van der Waals surface area contributed by atoms with E-state index in [1.165, 1.54) is 6.92 Å². The van der Waals surface area contributed by atoms with E-state index in [2.05, 4.69) is 4.18 Å². The molecule has 0 spiro atoms. The van der Waals surface area contributed by atoms with Gasteiger partial charge in [-0.15, -0.1) is 0 Å². The quantitative estimate of drug-likeness (QED) is 0.143. The summed E-state index contributed by atoms with van der Waals surface area (Å²) in [7, 11) is -5.36. The number of carbonyl (C=O) groups excluding carboxylic acids is 1. The molecule has 4 N–H and O–H groups in total. The Hall–Kier alpha value is 0.160. The van der Waals surface area contributed by atoms with Crippen LogP contribution < -0.4 is 68.4 Å². The van der Waals surface area contributed by atoms with Crippen LogP contribution in [0.3, 0.4) is 0 Å². The summed E-state index contributed by atoms with van der Waals surface area (Å²) in [6.45, 7) is 1.49. The monoisotopic (exact) mass is 594 g/mol. The van der Waals surface area contributed by atoms with Crippen molar-refractivity contribution in [3.8, 4) is 5.75 Å². The molecule has 2 saturated carbocycles. The largest absolute Gasteiger partial charge is 1.00 e. The SMILES string of the molecule is [2H]c1cc2c(c([2H])c1OS(=O)(=O)[O-])C([2H])C[C@H]1[C@@H]3C[C@@]([2H])(OC4O[C@H](C(=O)[O-])[C@@H](O)[C@H](O)[C@H]4O)[C@]([2H])(O)[C@@]3(C)CC[C@]21[2H].[Na+].[Na+]. The Morgan fingerprint density at radius 1 is 1.23 bits per heavy atom. The third-order valence-corrected chi connectivity index (χ3v) is 8.30. The normalized spacial score (nSPS) is 50.9. The number of carboxylic acids is 1. The number of hydrogen-bond donors (Lipinski definition) is 4. The second-order valence-electron chi connectivity index (χ2n) is 9.97. The Labute approximate surface area is 279 Å². The third-order valence-electron chi connectivity index (χ3n) is 7.93. The molecule has 3 fully saturated rings. The Morgan fingerprint density at radius 2 is 1.92 bits per heavy atom. The first-order valence-electron chi connectivity index (χ1n) is 14.7. The second kappa shape index (κ2) is 12.4. The van der Waals surface area contributed by atoms with Crippen molar-refractivity contribution in [1.29, 1.82) is 0 Å². The van der Waals surface area contributed by atoms with E-state index in [4.69, 9.17) is 16.3 Å². The van der Waals surface area contributed by atoms with E-state index in [0.717, 1.165) is 6.07 Å².